The molecule has 7 nitrogen and oxygen atoms in total. The lowest BCUT2D eigenvalue weighted by molar-refractivity contribution is 0.152. The maximum atomic E-state index is 11.7. The largest absolute Gasteiger partial charge is 0.450 e. The Hall–Kier alpha value is -1.09. The molecule has 1 amide bonds. The highest BCUT2D eigenvalue weighted by Gasteiger charge is 2.46. The van der Waals surface area contributed by atoms with Gasteiger partial charge in [-0.1, -0.05) is 12.8 Å². The minimum absolute atomic E-state index is 0.00187. The van der Waals surface area contributed by atoms with Crippen molar-refractivity contribution < 1.29 is 17.9 Å². The number of carbonyl (C=O) groups is 1. The first-order valence-electron chi connectivity index (χ1n) is 8.11. The maximum Gasteiger partial charge on any atom is 0.407 e. The molecular formula is C14H25N3O4S2. The molecule has 2 heterocycles. The summed E-state index contributed by atoms with van der Waals surface area (Å²) < 4.78 is 28.2. The minimum atomic E-state index is -2.93. The van der Waals surface area contributed by atoms with E-state index in [1.807, 2.05) is 4.90 Å². The lowest BCUT2D eigenvalue weighted by Crippen LogP contribution is -2.37. The Morgan fingerprint density at radius 3 is 2.83 bits per heavy atom. The highest BCUT2D eigenvalue weighted by Crippen LogP contribution is 2.24. The summed E-state index contributed by atoms with van der Waals surface area (Å²) in [6.45, 7) is 3.56. The van der Waals surface area contributed by atoms with Crippen LogP contribution in [-0.2, 0) is 14.6 Å². The number of nitrogens with one attached hydrogen (secondary N) is 2. The van der Waals surface area contributed by atoms with Crippen LogP contribution in [0.25, 0.3) is 0 Å². The van der Waals surface area contributed by atoms with Gasteiger partial charge in [-0.15, -0.1) is 0 Å². The molecule has 2 fully saturated rings. The number of amides is 1. The van der Waals surface area contributed by atoms with Gasteiger partial charge in [0.15, 0.2) is 14.9 Å². The van der Waals surface area contributed by atoms with Crippen LogP contribution in [0.4, 0.5) is 4.79 Å². The third kappa shape index (κ3) is 5.20. The van der Waals surface area contributed by atoms with Crippen molar-refractivity contribution in [3.63, 3.8) is 0 Å². The van der Waals surface area contributed by atoms with Gasteiger partial charge < -0.3 is 20.3 Å². The van der Waals surface area contributed by atoms with Crippen molar-refractivity contribution in [2.75, 3.05) is 31.2 Å². The van der Waals surface area contributed by atoms with Gasteiger partial charge in [-0.2, -0.15) is 0 Å². The average molecular weight is 364 g/mol. The van der Waals surface area contributed by atoms with Gasteiger partial charge in [-0.25, -0.2) is 13.2 Å². The van der Waals surface area contributed by atoms with Crippen LogP contribution in [0.5, 0.6) is 0 Å². The van der Waals surface area contributed by atoms with E-state index in [0.29, 0.717) is 18.3 Å². The van der Waals surface area contributed by atoms with Gasteiger partial charge in [-0.05, 0) is 32.0 Å². The van der Waals surface area contributed by atoms with Crippen LogP contribution in [0.3, 0.4) is 0 Å². The van der Waals surface area contributed by atoms with E-state index in [1.54, 1.807) is 6.92 Å². The Labute approximate surface area is 143 Å². The SMILES string of the molecule is CCOC(=O)NCCCCCCN1C(=S)N[C@@H]2CS(=O)(=O)C[C@@H]21. The summed E-state index contributed by atoms with van der Waals surface area (Å²) in [5.41, 5.74) is 0. The van der Waals surface area contributed by atoms with Crippen molar-refractivity contribution in [3.8, 4) is 0 Å². The van der Waals surface area contributed by atoms with Crippen LogP contribution in [0.1, 0.15) is 32.6 Å². The van der Waals surface area contributed by atoms with Crippen LogP contribution in [0.15, 0.2) is 0 Å². The molecule has 2 saturated heterocycles. The summed E-state index contributed by atoms with van der Waals surface area (Å²) in [5.74, 6) is 0.391. The Morgan fingerprint density at radius 1 is 1.35 bits per heavy atom. The molecule has 0 spiro atoms. The monoisotopic (exact) mass is 363 g/mol. The number of hydrogen-bond donors (Lipinski definition) is 2. The third-order valence-corrected chi connectivity index (χ3v) is 6.23. The highest BCUT2D eigenvalue weighted by molar-refractivity contribution is 7.91. The van der Waals surface area contributed by atoms with Crippen molar-refractivity contribution in [2.45, 2.75) is 44.7 Å². The fourth-order valence-electron chi connectivity index (χ4n) is 3.07. The van der Waals surface area contributed by atoms with E-state index in [9.17, 15) is 13.2 Å². The number of hydrogen-bond acceptors (Lipinski definition) is 5. The molecule has 0 saturated carbocycles. The normalized spacial score (nSPS) is 25.1. The number of carbonyl (C=O) groups excluding carboxylic acids is 1. The van der Waals surface area contributed by atoms with E-state index in [-0.39, 0.29) is 29.7 Å². The summed E-state index contributed by atoms with van der Waals surface area (Å²) in [6, 6.07) is -0.0424. The van der Waals surface area contributed by atoms with E-state index < -0.39 is 9.84 Å². The molecule has 0 aliphatic carbocycles. The first-order valence-corrected chi connectivity index (χ1v) is 10.3. The summed E-state index contributed by atoms with van der Waals surface area (Å²) in [4.78, 5) is 13.1. The van der Waals surface area contributed by atoms with Crippen LogP contribution in [-0.4, -0.2) is 67.8 Å². The second-order valence-corrected chi connectivity index (χ2v) is 8.50. The molecule has 2 N–H and O–H groups in total. The molecule has 0 aromatic carbocycles. The number of fused-ring (bicyclic) bond motifs is 1. The molecule has 23 heavy (non-hydrogen) atoms. The third-order valence-electron chi connectivity index (χ3n) is 4.16. The zero-order valence-electron chi connectivity index (χ0n) is 13.4. The molecule has 0 aromatic rings. The number of rotatable bonds is 8. The standard InChI is InChI=1S/C14H25N3O4S2/c1-2-21-14(18)15-7-5-3-4-6-8-17-12-10-23(19,20)9-11(12)16-13(17)22/h11-12H,2-10H2,1H3,(H,15,18)(H,16,22)/t11-,12+/m1/s1. The Balaban J connectivity index is 1.59. The van der Waals surface area contributed by atoms with Gasteiger partial charge in [0.05, 0.1) is 30.2 Å². The topological polar surface area (TPSA) is 87.7 Å². The molecule has 0 aromatic heterocycles. The predicted octanol–water partition coefficient (Wildman–Crippen LogP) is 0.649. The van der Waals surface area contributed by atoms with Crippen molar-refractivity contribution in [1.29, 1.82) is 0 Å². The van der Waals surface area contributed by atoms with E-state index in [4.69, 9.17) is 17.0 Å². The van der Waals surface area contributed by atoms with Gasteiger partial charge in [-0.3, -0.25) is 0 Å². The quantitative estimate of drug-likeness (QED) is 0.483. The minimum Gasteiger partial charge on any atom is -0.450 e. The maximum absolute atomic E-state index is 11.7. The van der Waals surface area contributed by atoms with E-state index >= 15 is 0 Å². The van der Waals surface area contributed by atoms with Crippen molar-refractivity contribution in [2.24, 2.45) is 0 Å². The van der Waals surface area contributed by atoms with Crippen LogP contribution < -0.4 is 10.6 Å². The zero-order chi connectivity index (χ0) is 16.9. The summed E-state index contributed by atoms with van der Waals surface area (Å²) in [5, 5.41) is 6.50. The summed E-state index contributed by atoms with van der Waals surface area (Å²) in [7, 11) is -2.93. The summed E-state index contributed by atoms with van der Waals surface area (Å²) in [6.07, 6.45) is 3.53. The second kappa shape index (κ2) is 8.14. The fourth-order valence-corrected chi connectivity index (χ4v) is 5.37. The van der Waals surface area contributed by atoms with Crippen molar-refractivity contribution in [3.05, 3.63) is 0 Å². The van der Waals surface area contributed by atoms with Gasteiger partial charge in [0.25, 0.3) is 0 Å². The molecule has 2 aliphatic rings. The van der Waals surface area contributed by atoms with Gasteiger partial charge >= 0.3 is 6.09 Å². The molecule has 2 aliphatic heterocycles. The number of alkyl carbamates (subject to hydrolysis) is 1. The lowest BCUT2D eigenvalue weighted by atomic mass is 10.1. The molecule has 0 bridgehead atoms. The van der Waals surface area contributed by atoms with Crippen molar-refractivity contribution >= 4 is 33.3 Å². The first kappa shape index (κ1) is 18.3. The van der Waals surface area contributed by atoms with Gasteiger partial charge in [0.2, 0.25) is 0 Å². The molecule has 2 rings (SSSR count). The van der Waals surface area contributed by atoms with Crippen LogP contribution in [0.2, 0.25) is 0 Å². The predicted molar refractivity (Wildman–Crippen MR) is 92.2 cm³/mol. The molecular weight excluding hydrogens is 338 g/mol. The number of nitrogens with zero attached hydrogens (tertiary/aromatic N) is 1. The molecule has 9 heteroatoms. The second-order valence-electron chi connectivity index (χ2n) is 5.96. The molecule has 0 radical (unpaired) electrons. The number of unbranched alkanes of at least 4 members (excludes halogenated alkanes) is 3. The summed E-state index contributed by atoms with van der Waals surface area (Å²) >= 11 is 5.30. The Morgan fingerprint density at radius 2 is 2.09 bits per heavy atom. The van der Waals surface area contributed by atoms with Gasteiger partial charge in [0.1, 0.15) is 0 Å². The average Bonchev–Trinajstić information content (AvgIpc) is 2.89. The van der Waals surface area contributed by atoms with E-state index in [2.05, 4.69) is 10.6 Å². The zero-order valence-corrected chi connectivity index (χ0v) is 15.0. The lowest BCUT2D eigenvalue weighted by Gasteiger charge is -2.23. The first-order chi connectivity index (χ1) is 10.9. The smallest absolute Gasteiger partial charge is 0.407 e. The van der Waals surface area contributed by atoms with Crippen LogP contribution >= 0.6 is 12.2 Å². The Bertz CT molecular complexity index is 538. The number of sulfone groups is 1. The van der Waals surface area contributed by atoms with Gasteiger partial charge in [0, 0.05) is 13.1 Å². The van der Waals surface area contributed by atoms with Crippen molar-refractivity contribution in [1.82, 2.24) is 15.5 Å². The molecule has 0 unspecified atom stereocenters. The van der Waals surface area contributed by atoms with E-state index in [1.165, 1.54) is 0 Å². The fraction of sp³-hybridized carbons (Fsp3) is 0.857. The Kier molecular flexibility index (Phi) is 6.46. The highest BCUT2D eigenvalue weighted by atomic mass is 32.2. The number of ether oxygens (including phenoxy) is 1. The number of thiocarbonyl (C=S) groups is 1. The van der Waals surface area contributed by atoms with E-state index in [0.717, 1.165) is 32.2 Å². The van der Waals surface area contributed by atoms with Crippen LogP contribution in [0, 0.1) is 0 Å². The molecule has 132 valence electrons. The molecule has 2 atom stereocenters.